The molecule has 1 fully saturated rings. The molecule has 2 aromatic carbocycles. The molecule has 9 N–H and O–H groups in total. The molecular weight excluding hydrogens is 506 g/mol. The number of nitrogens with zero attached hydrogens (tertiary/aromatic N) is 3. The highest BCUT2D eigenvalue weighted by Gasteiger charge is 2.46. The average Bonchev–Trinajstić information content (AvgIpc) is 3.47. The van der Waals surface area contributed by atoms with Gasteiger partial charge in [-0.2, -0.15) is 4.99 Å². The van der Waals surface area contributed by atoms with E-state index in [-0.39, 0.29) is 29.1 Å². The lowest BCUT2D eigenvalue weighted by Crippen LogP contribution is -2.58. The van der Waals surface area contributed by atoms with E-state index in [1.807, 2.05) is 58.5 Å². The summed E-state index contributed by atoms with van der Waals surface area (Å²) in [6.45, 7) is 4.90. The fraction of sp³-hybridized carbons (Fsp3) is 0.379. The van der Waals surface area contributed by atoms with Crippen LogP contribution in [0.1, 0.15) is 37.8 Å². The Morgan fingerprint density at radius 2 is 1.80 bits per heavy atom. The van der Waals surface area contributed by atoms with E-state index in [1.54, 1.807) is 13.8 Å². The molecule has 0 saturated carbocycles. The topological polar surface area (TPSA) is 183 Å². The monoisotopic (exact) mass is 543 g/mol. The van der Waals surface area contributed by atoms with Crippen LogP contribution in [0.3, 0.4) is 0 Å². The van der Waals surface area contributed by atoms with Gasteiger partial charge >= 0.3 is 0 Å². The molecule has 3 aromatic rings. The maximum absolute atomic E-state index is 13.9. The number of carbonyl (C=O) groups is 2. The van der Waals surface area contributed by atoms with Gasteiger partial charge < -0.3 is 37.3 Å². The SMILES string of the molecule is CC(C)(N)C(=O)N[C@H](Cc1c[nH]c2ccccc12)C(=O)N1CCC2(CC1)CN(/C(N)=N/C(=N)N)c1ccccc12. The van der Waals surface area contributed by atoms with E-state index in [9.17, 15) is 9.59 Å². The maximum Gasteiger partial charge on any atom is 0.245 e. The number of likely N-dealkylation sites (tertiary alicyclic amines) is 1. The third-order valence-corrected chi connectivity index (χ3v) is 8.06. The molecule has 1 saturated heterocycles. The summed E-state index contributed by atoms with van der Waals surface area (Å²) in [7, 11) is 0. The Bertz CT molecular complexity index is 1480. The lowest BCUT2D eigenvalue weighted by Gasteiger charge is -2.41. The number of fused-ring (bicyclic) bond motifs is 3. The Morgan fingerprint density at radius 3 is 2.50 bits per heavy atom. The van der Waals surface area contributed by atoms with Crippen LogP contribution in [0.4, 0.5) is 5.69 Å². The number of amides is 2. The number of aromatic nitrogens is 1. The zero-order valence-corrected chi connectivity index (χ0v) is 22.9. The van der Waals surface area contributed by atoms with Crippen molar-refractivity contribution in [2.45, 2.75) is 50.1 Å². The second-order valence-corrected chi connectivity index (χ2v) is 11.4. The summed E-state index contributed by atoms with van der Waals surface area (Å²) in [5.74, 6) is -0.667. The molecule has 1 atom stereocenters. The van der Waals surface area contributed by atoms with Crippen molar-refractivity contribution in [3.8, 4) is 0 Å². The molecule has 0 bridgehead atoms. The summed E-state index contributed by atoms with van der Waals surface area (Å²) >= 11 is 0. The standard InChI is InChI=1S/C29H37N9O2/c1-28(2,33)25(40)35-22(15-18-16-34-21-9-5-3-7-19(18)21)24(39)37-13-11-29(12-14-37)17-38(27(32)36-26(30)31)23-10-6-4-8-20(23)29/h3-10,16,22,34H,11-15,17,33H2,1-2H3,(H,35,40)(H5,30,31,32,36)/t22-/m1/s1. The van der Waals surface area contributed by atoms with Crippen LogP contribution in [0.15, 0.2) is 59.7 Å². The van der Waals surface area contributed by atoms with Gasteiger partial charge in [-0.15, -0.1) is 0 Å². The molecule has 2 aliphatic rings. The van der Waals surface area contributed by atoms with Crippen molar-refractivity contribution in [2.24, 2.45) is 22.2 Å². The predicted octanol–water partition coefficient (Wildman–Crippen LogP) is 1.52. The Kier molecular flexibility index (Phi) is 7.01. The van der Waals surface area contributed by atoms with Crippen molar-refractivity contribution in [2.75, 3.05) is 24.5 Å². The van der Waals surface area contributed by atoms with E-state index in [4.69, 9.17) is 22.6 Å². The zero-order chi connectivity index (χ0) is 28.7. The molecule has 3 heterocycles. The molecule has 11 nitrogen and oxygen atoms in total. The largest absolute Gasteiger partial charge is 0.369 e. The fourth-order valence-electron chi connectivity index (χ4n) is 5.89. The number of aliphatic imine (C=N–C) groups is 1. The normalized spacial score (nSPS) is 17.6. The second-order valence-electron chi connectivity index (χ2n) is 11.4. The van der Waals surface area contributed by atoms with Crippen molar-refractivity contribution < 1.29 is 9.59 Å². The summed E-state index contributed by atoms with van der Waals surface area (Å²) in [5, 5.41) is 11.5. The quantitative estimate of drug-likeness (QED) is 0.209. The summed E-state index contributed by atoms with van der Waals surface area (Å²) < 4.78 is 0. The van der Waals surface area contributed by atoms with Gasteiger partial charge in [0.2, 0.25) is 23.7 Å². The first-order valence-electron chi connectivity index (χ1n) is 13.5. The van der Waals surface area contributed by atoms with Gasteiger partial charge in [0.1, 0.15) is 6.04 Å². The van der Waals surface area contributed by atoms with Gasteiger partial charge in [0, 0.05) is 54.3 Å². The van der Waals surface area contributed by atoms with Gasteiger partial charge in [0.25, 0.3) is 0 Å². The number of rotatable bonds is 5. The molecule has 2 aliphatic heterocycles. The number of carbonyl (C=O) groups excluding carboxylic acids is 2. The fourth-order valence-corrected chi connectivity index (χ4v) is 5.89. The molecule has 0 aliphatic carbocycles. The van der Waals surface area contributed by atoms with Crippen LogP contribution < -0.4 is 27.4 Å². The number of nitrogens with one attached hydrogen (secondary N) is 3. The van der Waals surface area contributed by atoms with Gasteiger partial charge in [0.15, 0.2) is 0 Å². The van der Waals surface area contributed by atoms with E-state index in [2.05, 4.69) is 21.4 Å². The Labute approximate surface area is 233 Å². The number of guanidine groups is 2. The van der Waals surface area contributed by atoms with E-state index >= 15 is 0 Å². The Hall–Kier alpha value is -4.38. The number of aromatic amines is 1. The van der Waals surface area contributed by atoms with Gasteiger partial charge in [-0.1, -0.05) is 36.4 Å². The molecule has 2 amide bonds. The van der Waals surface area contributed by atoms with Crippen LogP contribution in [-0.2, 0) is 21.4 Å². The number of H-pyrrole nitrogens is 1. The molecule has 1 aromatic heterocycles. The summed E-state index contributed by atoms with van der Waals surface area (Å²) in [4.78, 5) is 37.8. The van der Waals surface area contributed by atoms with Crippen molar-refractivity contribution >= 4 is 40.3 Å². The van der Waals surface area contributed by atoms with Gasteiger partial charge in [-0.25, -0.2) is 0 Å². The summed E-state index contributed by atoms with van der Waals surface area (Å²) in [6.07, 6.45) is 3.68. The van der Waals surface area contributed by atoms with Crippen molar-refractivity contribution in [3.63, 3.8) is 0 Å². The summed E-state index contributed by atoms with van der Waals surface area (Å²) in [5.41, 5.74) is 20.5. The minimum absolute atomic E-state index is 0.126. The Morgan fingerprint density at radius 1 is 1.12 bits per heavy atom. The number of hydrogen-bond donors (Lipinski definition) is 6. The lowest BCUT2D eigenvalue weighted by atomic mass is 9.74. The Balaban J connectivity index is 1.36. The van der Waals surface area contributed by atoms with Gasteiger partial charge in [0.05, 0.1) is 5.54 Å². The van der Waals surface area contributed by atoms with Gasteiger partial charge in [-0.05, 0) is 49.9 Å². The molecule has 40 heavy (non-hydrogen) atoms. The molecule has 0 radical (unpaired) electrons. The van der Waals surface area contributed by atoms with Crippen molar-refractivity contribution in [3.05, 3.63) is 65.9 Å². The van der Waals surface area contributed by atoms with Gasteiger partial charge in [-0.3, -0.25) is 15.0 Å². The number of hydrogen-bond acceptors (Lipinski definition) is 4. The minimum Gasteiger partial charge on any atom is -0.369 e. The summed E-state index contributed by atoms with van der Waals surface area (Å²) in [6, 6.07) is 15.2. The molecule has 5 rings (SSSR count). The van der Waals surface area contributed by atoms with Crippen LogP contribution in [0, 0.1) is 5.41 Å². The number of piperidine rings is 1. The first-order chi connectivity index (χ1) is 19.0. The highest BCUT2D eigenvalue weighted by atomic mass is 16.2. The minimum atomic E-state index is -1.12. The first-order valence-corrected chi connectivity index (χ1v) is 13.5. The number of anilines is 1. The van der Waals surface area contributed by atoms with E-state index < -0.39 is 11.6 Å². The van der Waals surface area contributed by atoms with Crippen LogP contribution in [0.2, 0.25) is 0 Å². The molecule has 0 unspecified atom stereocenters. The van der Waals surface area contributed by atoms with Crippen molar-refractivity contribution in [1.29, 1.82) is 5.41 Å². The van der Waals surface area contributed by atoms with E-state index in [1.165, 1.54) is 0 Å². The average molecular weight is 544 g/mol. The lowest BCUT2D eigenvalue weighted by molar-refractivity contribution is -0.138. The zero-order valence-electron chi connectivity index (χ0n) is 22.9. The van der Waals surface area contributed by atoms with E-state index in [0.717, 1.165) is 40.6 Å². The van der Waals surface area contributed by atoms with Crippen LogP contribution in [0.5, 0.6) is 0 Å². The van der Waals surface area contributed by atoms with Crippen LogP contribution in [-0.4, -0.2) is 64.8 Å². The molecule has 210 valence electrons. The van der Waals surface area contributed by atoms with Crippen LogP contribution >= 0.6 is 0 Å². The van der Waals surface area contributed by atoms with Crippen LogP contribution in [0.25, 0.3) is 10.9 Å². The third-order valence-electron chi connectivity index (χ3n) is 8.06. The molecule has 1 spiro atoms. The highest BCUT2D eigenvalue weighted by molar-refractivity contribution is 6.03. The highest BCUT2D eigenvalue weighted by Crippen LogP contribution is 2.47. The van der Waals surface area contributed by atoms with Crippen molar-refractivity contribution in [1.82, 2.24) is 15.2 Å². The maximum atomic E-state index is 13.9. The predicted molar refractivity (Wildman–Crippen MR) is 157 cm³/mol. The smallest absolute Gasteiger partial charge is 0.245 e. The third kappa shape index (κ3) is 5.12. The first kappa shape index (κ1) is 27.2. The van der Waals surface area contributed by atoms with E-state index in [0.29, 0.717) is 26.1 Å². The number of nitrogens with two attached hydrogens (primary N) is 3. The number of para-hydroxylation sites is 2. The number of benzene rings is 2. The molecular formula is C29H37N9O2. The molecule has 11 heteroatoms. The second kappa shape index (κ2) is 10.3.